The topological polar surface area (TPSA) is 21.3 Å². The predicted octanol–water partition coefficient (Wildman–Crippen LogP) is 3.23. The van der Waals surface area contributed by atoms with Crippen molar-refractivity contribution in [2.75, 3.05) is 26.3 Å². The van der Waals surface area contributed by atoms with E-state index in [0.29, 0.717) is 5.92 Å². The number of nitrogens with one attached hydrogen (secondary N) is 1. The van der Waals surface area contributed by atoms with Crippen LogP contribution >= 0.6 is 0 Å². The molecule has 0 spiro atoms. The zero-order valence-electron chi connectivity index (χ0n) is 11.7. The van der Waals surface area contributed by atoms with Crippen molar-refractivity contribution in [1.82, 2.24) is 5.32 Å². The van der Waals surface area contributed by atoms with Gasteiger partial charge in [0.15, 0.2) is 0 Å². The fraction of sp³-hybridized carbons (Fsp3) is 1.00. The molecular weight excluding hydrogens is 255 g/mol. The van der Waals surface area contributed by atoms with Crippen molar-refractivity contribution < 1.29 is 17.9 Å². The fourth-order valence-corrected chi connectivity index (χ4v) is 3.33. The summed E-state index contributed by atoms with van der Waals surface area (Å²) in [5, 5.41) is 3.40. The van der Waals surface area contributed by atoms with Crippen LogP contribution in [0.2, 0.25) is 0 Å². The zero-order valence-corrected chi connectivity index (χ0v) is 11.7. The lowest BCUT2D eigenvalue weighted by Gasteiger charge is -2.31. The summed E-state index contributed by atoms with van der Waals surface area (Å²) >= 11 is 0. The Hall–Kier alpha value is -0.290. The zero-order chi connectivity index (χ0) is 14.1. The van der Waals surface area contributed by atoms with Crippen LogP contribution in [0.3, 0.4) is 0 Å². The van der Waals surface area contributed by atoms with Crippen LogP contribution < -0.4 is 5.32 Å². The maximum atomic E-state index is 12.2. The van der Waals surface area contributed by atoms with Gasteiger partial charge in [0.25, 0.3) is 0 Å². The van der Waals surface area contributed by atoms with Crippen molar-refractivity contribution in [1.29, 1.82) is 0 Å². The third-order valence-electron chi connectivity index (χ3n) is 4.19. The molecule has 2 unspecified atom stereocenters. The first-order valence-electron chi connectivity index (χ1n) is 7.15. The van der Waals surface area contributed by atoms with Gasteiger partial charge in [-0.15, -0.1) is 0 Å². The molecular formula is C14H24F3NO. The number of halogens is 3. The van der Waals surface area contributed by atoms with Crippen LogP contribution in [0.5, 0.6) is 0 Å². The van der Waals surface area contributed by atoms with Crippen LogP contribution in [0, 0.1) is 23.2 Å². The lowest BCUT2D eigenvalue weighted by atomic mass is 9.83. The van der Waals surface area contributed by atoms with Gasteiger partial charge in [0.2, 0.25) is 0 Å². The molecule has 2 fully saturated rings. The lowest BCUT2D eigenvalue weighted by molar-refractivity contribution is -0.181. The number of ether oxygens (including phenoxy) is 1. The molecule has 0 aromatic rings. The van der Waals surface area contributed by atoms with E-state index < -0.39 is 12.8 Å². The normalized spacial score (nSPS) is 33.8. The van der Waals surface area contributed by atoms with E-state index in [-0.39, 0.29) is 12.0 Å². The van der Waals surface area contributed by atoms with Crippen LogP contribution in [0.1, 0.15) is 33.1 Å². The largest absolute Gasteiger partial charge is 0.411 e. The SMILES string of the molecule is CC(C)CNCC1(COCC(F)(F)F)CC2CC2C1. The van der Waals surface area contributed by atoms with E-state index in [1.54, 1.807) is 0 Å². The highest BCUT2D eigenvalue weighted by Crippen LogP contribution is 2.59. The minimum absolute atomic E-state index is 0.0618. The highest BCUT2D eigenvalue weighted by molar-refractivity contribution is 5.04. The molecule has 112 valence electrons. The lowest BCUT2D eigenvalue weighted by Crippen LogP contribution is -2.39. The average Bonchev–Trinajstić information content (AvgIpc) is 2.84. The molecule has 0 heterocycles. The number of alkyl halides is 3. The Morgan fingerprint density at radius 2 is 1.89 bits per heavy atom. The summed E-state index contributed by atoms with van der Waals surface area (Å²) in [6.07, 6.45) is -0.888. The van der Waals surface area contributed by atoms with E-state index in [2.05, 4.69) is 19.2 Å². The van der Waals surface area contributed by atoms with Gasteiger partial charge in [0, 0.05) is 12.0 Å². The Kier molecular flexibility index (Phi) is 4.45. The van der Waals surface area contributed by atoms with Gasteiger partial charge in [-0.3, -0.25) is 0 Å². The summed E-state index contributed by atoms with van der Waals surface area (Å²) in [5.74, 6) is 2.05. The van der Waals surface area contributed by atoms with Crippen molar-refractivity contribution >= 4 is 0 Å². The van der Waals surface area contributed by atoms with Crippen LogP contribution in [-0.2, 0) is 4.74 Å². The second kappa shape index (κ2) is 5.60. The predicted molar refractivity (Wildman–Crippen MR) is 67.8 cm³/mol. The van der Waals surface area contributed by atoms with E-state index in [0.717, 1.165) is 37.8 Å². The monoisotopic (exact) mass is 279 g/mol. The highest BCUT2D eigenvalue weighted by Gasteiger charge is 2.53. The van der Waals surface area contributed by atoms with Crippen LogP contribution in [0.4, 0.5) is 13.2 Å². The summed E-state index contributed by atoms with van der Waals surface area (Å²) in [5.41, 5.74) is -0.0618. The third kappa shape index (κ3) is 4.63. The van der Waals surface area contributed by atoms with Crippen LogP contribution in [0.15, 0.2) is 0 Å². The van der Waals surface area contributed by atoms with E-state index in [9.17, 15) is 13.2 Å². The van der Waals surface area contributed by atoms with E-state index in [4.69, 9.17) is 4.74 Å². The summed E-state index contributed by atoms with van der Waals surface area (Å²) in [6.45, 7) is 5.09. The molecule has 2 nitrogen and oxygen atoms in total. The minimum Gasteiger partial charge on any atom is -0.371 e. The number of rotatable bonds is 7. The molecule has 0 radical (unpaired) electrons. The van der Waals surface area contributed by atoms with Crippen LogP contribution in [-0.4, -0.2) is 32.5 Å². The second-order valence-electron chi connectivity index (χ2n) is 6.80. The first-order valence-corrected chi connectivity index (χ1v) is 7.15. The molecule has 0 amide bonds. The quantitative estimate of drug-likeness (QED) is 0.772. The summed E-state index contributed by atoms with van der Waals surface area (Å²) in [7, 11) is 0. The molecule has 0 aromatic carbocycles. The molecule has 1 N–H and O–H groups in total. The Morgan fingerprint density at radius 3 is 2.42 bits per heavy atom. The Morgan fingerprint density at radius 1 is 1.26 bits per heavy atom. The van der Waals surface area contributed by atoms with Gasteiger partial charge in [0.1, 0.15) is 6.61 Å². The van der Waals surface area contributed by atoms with Crippen molar-refractivity contribution in [3.05, 3.63) is 0 Å². The van der Waals surface area contributed by atoms with E-state index in [1.165, 1.54) is 6.42 Å². The van der Waals surface area contributed by atoms with E-state index in [1.807, 2.05) is 0 Å². The fourth-order valence-electron chi connectivity index (χ4n) is 3.33. The first-order chi connectivity index (χ1) is 8.80. The standard InChI is InChI=1S/C14H24F3NO/c1-10(2)6-18-7-13(4-11-3-12(11)5-13)8-19-9-14(15,16)17/h10-12,18H,3-9H2,1-2H3. The number of fused-ring (bicyclic) bond motifs is 1. The van der Waals surface area contributed by atoms with Gasteiger partial charge >= 0.3 is 6.18 Å². The molecule has 19 heavy (non-hydrogen) atoms. The highest BCUT2D eigenvalue weighted by atomic mass is 19.4. The maximum absolute atomic E-state index is 12.2. The number of hydrogen-bond donors (Lipinski definition) is 1. The van der Waals surface area contributed by atoms with Gasteiger partial charge in [-0.25, -0.2) is 0 Å². The Balaban J connectivity index is 1.78. The third-order valence-corrected chi connectivity index (χ3v) is 4.19. The first kappa shape index (κ1) is 15.1. The van der Waals surface area contributed by atoms with Crippen LogP contribution in [0.25, 0.3) is 0 Å². The van der Waals surface area contributed by atoms with Crippen molar-refractivity contribution in [3.8, 4) is 0 Å². The molecule has 2 aliphatic carbocycles. The van der Waals surface area contributed by atoms with Crippen molar-refractivity contribution in [3.63, 3.8) is 0 Å². The maximum Gasteiger partial charge on any atom is 0.411 e. The Labute approximate surface area is 113 Å². The molecule has 0 aromatic heterocycles. The molecule has 5 heteroatoms. The summed E-state index contributed by atoms with van der Waals surface area (Å²) in [4.78, 5) is 0. The van der Waals surface area contributed by atoms with Gasteiger partial charge in [-0.1, -0.05) is 13.8 Å². The van der Waals surface area contributed by atoms with Crippen molar-refractivity contribution in [2.24, 2.45) is 23.2 Å². The van der Waals surface area contributed by atoms with Gasteiger partial charge < -0.3 is 10.1 Å². The Bertz CT molecular complexity index is 294. The molecule has 2 atom stereocenters. The molecule has 0 aliphatic heterocycles. The molecule has 2 saturated carbocycles. The molecule has 0 saturated heterocycles. The molecule has 2 aliphatic rings. The van der Waals surface area contributed by atoms with Gasteiger partial charge in [-0.2, -0.15) is 13.2 Å². The van der Waals surface area contributed by atoms with E-state index >= 15 is 0 Å². The molecule has 0 bridgehead atoms. The van der Waals surface area contributed by atoms with Gasteiger partial charge in [-0.05, 0) is 43.6 Å². The van der Waals surface area contributed by atoms with Gasteiger partial charge in [0.05, 0.1) is 6.61 Å². The number of hydrogen-bond acceptors (Lipinski definition) is 2. The summed E-state index contributed by atoms with van der Waals surface area (Å²) in [6, 6.07) is 0. The summed E-state index contributed by atoms with van der Waals surface area (Å²) < 4.78 is 41.4. The second-order valence-corrected chi connectivity index (χ2v) is 6.80. The smallest absolute Gasteiger partial charge is 0.371 e. The molecule has 2 rings (SSSR count). The minimum atomic E-state index is -4.21. The van der Waals surface area contributed by atoms with Crippen molar-refractivity contribution in [2.45, 2.75) is 39.3 Å². The average molecular weight is 279 g/mol.